The van der Waals surface area contributed by atoms with Crippen molar-refractivity contribution in [3.63, 3.8) is 0 Å². The number of carbonyl (C=O) groups excluding carboxylic acids is 1. The average Bonchev–Trinajstić information content (AvgIpc) is 3.09. The summed E-state index contributed by atoms with van der Waals surface area (Å²) in [6.45, 7) is 15.7. The van der Waals surface area contributed by atoms with Crippen molar-refractivity contribution in [3.05, 3.63) is 48.3 Å². The van der Waals surface area contributed by atoms with Gasteiger partial charge in [-0.2, -0.15) is 0 Å². The lowest BCUT2D eigenvalue weighted by Gasteiger charge is -2.20. The fourth-order valence-electron chi connectivity index (χ4n) is 3.18. The van der Waals surface area contributed by atoms with Crippen molar-refractivity contribution in [1.82, 2.24) is 9.55 Å². The van der Waals surface area contributed by atoms with Crippen LogP contribution >= 0.6 is 0 Å². The van der Waals surface area contributed by atoms with Crippen LogP contribution in [0, 0.1) is 6.92 Å². The van der Waals surface area contributed by atoms with Gasteiger partial charge in [-0.3, -0.25) is 5.32 Å². The minimum Gasteiger partial charge on any atom is -0.457 e. The number of fused-ring (bicyclic) bond motifs is 1. The quantitative estimate of drug-likeness (QED) is 0.290. The molecular weight excluding hydrogens is 434 g/mol. The monoisotopic (exact) mass is 469 g/mol. The molecule has 3 rings (SSSR count). The SMILES string of the molecule is Cc1cc(Oc2ccnc3c2ccn3COCC[Si](C)(C)C)ccc1NC(=O)OC(C)(C)C. The molecule has 2 heterocycles. The van der Waals surface area contributed by atoms with Crippen molar-refractivity contribution >= 4 is 30.9 Å². The standard InChI is InChI=1S/C25H35N3O4Si/c1-18-16-19(8-9-21(18)27-24(29)32-25(2,3)4)31-22-10-12-26-23-20(22)11-13-28(23)17-30-14-15-33(5,6)7/h8-13,16H,14-15,17H2,1-7H3,(H,27,29). The molecule has 1 N–H and O–H groups in total. The number of anilines is 1. The molecule has 178 valence electrons. The number of hydrogen-bond acceptors (Lipinski definition) is 5. The van der Waals surface area contributed by atoms with Gasteiger partial charge in [0, 0.05) is 32.8 Å². The first-order valence-electron chi connectivity index (χ1n) is 11.2. The zero-order chi connectivity index (χ0) is 24.2. The second-order valence-electron chi connectivity index (χ2n) is 10.4. The highest BCUT2D eigenvalue weighted by atomic mass is 28.3. The number of amides is 1. The molecule has 0 radical (unpaired) electrons. The molecule has 0 atom stereocenters. The maximum atomic E-state index is 12.1. The Morgan fingerprint density at radius 2 is 1.91 bits per heavy atom. The fourth-order valence-corrected chi connectivity index (χ4v) is 3.94. The number of ether oxygens (including phenoxy) is 3. The predicted octanol–water partition coefficient (Wildman–Crippen LogP) is 6.80. The molecule has 0 spiro atoms. The normalized spacial score (nSPS) is 12.1. The molecule has 0 bridgehead atoms. The number of rotatable bonds is 8. The van der Waals surface area contributed by atoms with E-state index in [1.165, 1.54) is 0 Å². The van der Waals surface area contributed by atoms with Crippen molar-refractivity contribution in [2.45, 2.75) is 65.7 Å². The average molecular weight is 470 g/mol. The summed E-state index contributed by atoms with van der Waals surface area (Å²) < 4.78 is 19.4. The Balaban J connectivity index is 1.69. The van der Waals surface area contributed by atoms with Crippen LogP contribution in [0.4, 0.5) is 10.5 Å². The zero-order valence-electron chi connectivity index (χ0n) is 20.7. The molecule has 0 saturated carbocycles. The molecule has 0 saturated heterocycles. The molecule has 8 heteroatoms. The van der Waals surface area contributed by atoms with E-state index in [1.54, 1.807) is 6.20 Å². The Labute approximate surface area is 197 Å². The van der Waals surface area contributed by atoms with Gasteiger partial charge >= 0.3 is 6.09 Å². The van der Waals surface area contributed by atoms with E-state index in [2.05, 4.69) is 29.9 Å². The van der Waals surface area contributed by atoms with Crippen molar-refractivity contribution in [2.75, 3.05) is 11.9 Å². The maximum absolute atomic E-state index is 12.1. The first-order chi connectivity index (χ1) is 15.4. The summed E-state index contributed by atoms with van der Waals surface area (Å²) in [5, 5.41) is 3.70. The highest BCUT2D eigenvalue weighted by Crippen LogP contribution is 2.31. The number of benzene rings is 1. The van der Waals surface area contributed by atoms with Crippen LogP contribution in [0.25, 0.3) is 11.0 Å². The third kappa shape index (κ3) is 7.33. The molecule has 0 unspecified atom stereocenters. The third-order valence-corrected chi connectivity index (χ3v) is 6.61. The van der Waals surface area contributed by atoms with Crippen molar-refractivity contribution in [2.24, 2.45) is 0 Å². The largest absolute Gasteiger partial charge is 0.457 e. The van der Waals surface area contributed by atoms with Crippen molar-refractivity contribution in [1.29, 1.82) is 0 Å². The zero-order valence-corrected chi connectivity index (χ0v) is 21.7. The maximum Gasteiger partial charge on any atom is 0.412 e. The molecule has 0 aliphatic rings. The van der Waals surface area contributed by atoms with Crippen LogP contribution in [0.5, 0.6) is 11.5 Å². The summed E-state index contributed by atoms with van der Waals surface area (Å²) in [4.78, 5) is 16.6. The minimum atomic E-state index is -1.11. The van der Waals surface area contributed by atoms with E-state index >= 15 is 0 Å². The van der Waals surface area contributed by atoms with Crippen LogP contribution in [0.1, 0.15) is 26.3 Å². The molecule has 33 heavy (non-hydrogen) atoms. The van der Waals surface area contributed by atoms with E-state index in [1.807, 2.05) is 68.8 Å². The molecular formula is C25H35N3O4Si. The van der Waals surface area contributed by atoms with E-state index in [4.69, 9.17) is 14.2 Å². The number of nitrogens with zero attached hydrogens (tertiary/aromatic N) is 2. The Morgan fingerprint density at radius 1 is 1.15 bits per heavy atom. The van der Waals surface area contributed by atoms with Crippen LogP contribution in [0.15, 0.2) is 42.7 Å². The van der Waals surface area contributed by atoms with Crippen molar-refractivity contribution < 1.29 is 19.0 Å². The van der Waals surface area contributed by atoms with Crippen LogP contribution < -0.4 is 10.1 Å². The second kappa shape index (κ2) is 9.97. The Kier molecular flexibility index (Phi) is 7.49. The van der Waals surface area contributed by atoms with Gasteiger partial charge in [0.15, 0.2) is 0 Å². The summed E-state index contributed by atoms with van der Waals surface area (Å²) in [6.07, 6.45) is 3.23. The Morgan fingerprint density at radius 3 is 2.58 bits per heavy atom. The fraction of sp³-hybridized carbons (Fsp3) is 0.440. The number of nitrogens with one attached hydrogen (secondary N) is 1. The van der Waals surface area contributed by atoms with Crippen LogP contribution in [0.2, 0.25) is 25.7 Å². The van der Waals surface area contributed by atoms with Gasteiger partial charge in [-0.25, -0.2) is 9.78 Å². The molecule has 7 nitrogen and oxygen atoms in total. The number of aryl methyl sites for hydroxylation is 1. The minimum absolute atomic E-state index is 0.467. The van der Waals surface area contributed by atoms with Gasteiger partial charge in [0.1, 0.15) is 29.5 Å². The van der Waals surface area contributed by atoms with Gasteiger partial charge in [0.2, 0.25) is 0 Å². The lowest BCUT2D eigenvalue weighted by Crippen LogP contribution is -2.27. The number of carbonyl (C=O) groups is 1. The third-order valence-electron chi connectivity index (χ3n) is 4.91. The molecule has 2 aromatic heterocycles. The van der Waals surface area contributed by atoms with Gasteiger partial charge in [-0.15, -0.1) is 0 Å². The van der Waals surface area contributed by atoms with E-state index in [9.17, 15) is 4.79 Å². The summed E-state index contributed by atoms with van der Waals surface area (Å²) in [5.41, 5.74) is 1.82. The molecule has 1 amide bonds. The number of aromatic nitrogens is 2. The van der Waals surface area contributed by atoms with Gasteiger partial charge in [-0.05, 0) is 69.6 Å². The van der Waals surface area contributed by atoms with Crippen LogP contribution in [0.3, 0.4) is 0 Å². The van der Waals surface area contributed by atoms with Crippen molar-refractivity contribution in [3.8, 4) is 11.5 Å². The van der Waals surface area contributed by atoms with Crippen LogP contribution in [-0.2, 0) is 16.2 Å². The summed E-state index contributed by atoms with van der Waals surface area (Å²) in [6, 6.07) is 10.5. The highest BCUT2D eigenvalue weighted by Gasteiger charge is 2.17. The predicted molar refractivity (Wildman–Crippen MR) is 135 cm³/mol. The van der Waals surface area contributed by atoms with Gasteiger partial charge in [0.25, 0.3) is 0 Å². The molecule has 0 aliphatic heterocycles. The second-order valence-corrected chi connectivity index (χ2v) is 16.0. The summed E-state index contributed by atoms with van der Waals surface area (Å²) in [7, 11) is -1.11. The lowest BCUT2D eigenvalue weighted by molar-refractivity contribution is 0.0635. The number of hydrogen-bond donors (Lipinski definition) is 1. The van der Waals surface area contributed by atoms with E-state index in [0.29, 0.717) is 23.9 Å². The molecule has 1 aromatic carbocycles. The number of pyridine rings is 1. The smallest absolute Gasteiger partial charge is 0.412 e. The van der Waals surface area contributed by atoms with Crippen LogP contribution in [-0.4, -0.2) is 35.9 Å². The van der Waals surface area contributed by atoms with E-state index < -0.39 is 19.8 Å². The van der Waals surface area contributed by atoms with Gasteiger partial charge < -0.3 is 18.8 Å². The van der Waals surface area contributed by atoms with E-state index in [0.717, 1.165) is 29.2 Å². The molecule has 0 fully saturated rings. The highest BCUT2D eigenvalue weighted by molar-refractivity contribution is 6.76. The summed E-state index contributed by atoms with van der Waals surface area (Å²) in [5.74, 6) is 1.39. The first kappa shape index (κ1) is 24.8. The topological polar surface area (TPSA) is 74.6 Å². The van der Waals surface area contributed by atoms with Gasteiger partial charge in [-0.1, -0.05) is 19.6 Å². The summed E-state index contributed by atoms with van der Waals surface area (Å²) >= 11 is 0. The van der Waals surface area contributed by atoms with Gasteiger partial charge in [0.05, 0.1) is 5.39 Å². The molecule has 0 aliphatic carbocycles. The lowest BCUT2D eigenvalue weighted by atomic mass is 10.2. The Bertz CT molecular complexity index is 1110. The Hall–Kier alpha value is -2.84. The first-order valence-corrected chi connectivity index (χ1v) is 14.9. The van der Waals surface area contributed by atoms with E-state index in [-0.39, 0.29) is 0 Å². The molecule has 3 aromatic rings.